The van der Waals surface area contributed by atoms with Crippen molar-refractivity contribution in [1.29, 1.82) is 0 Å². The summed E-state index contributed by atoms with van der Waals surface area (Å²) in [6, 6.07) is 9.03. The molecule has 1 heterocycles. The highest BCUT2D eigenvalue weighted by Crippen LogP contribution is 2.13. The average molecular weight is 283 g/mol. The molecule has 2 rings (SSSR count). The van der Waals surface area contributed by atoms with Gasteiger partial charge in [0.1, 0.15) is 5.76 Å². The molecule has 1 aromatic heterocycles. The Morgan fingerprint density at radius 1 is 1.33 bits per heavy atom. The van der Waals surface area contributed by atoms with Crippen LogP contribution in [0.4, 0.5) is 0 Å². The standard InChI is InChI=1S/C17H17NO3/c1-13-14(6-2-3-10-19)7-4-9-16(13)17(20)18-12-15-8-5-11-21-15/h4-5,7-9,11,19H,3,10,12H2,1H3,(H,18,20). The zero-order chi connectivity index (χ0) is 15.1. The summed E-state index contributed by atoms with van der Waals surface area (Å²) in [5.41, 5.74) is 2.23. The Morgan fingerprint density at radius 3 is 2.90 bits per heavy atom. The molecule has 0 unspecified atom stereocenters. The van der Waals surface area contributed by atoms with Gasteiger partial charge < -0.3 is 14.8 Å². The molecule has 2 aromatic rings. The number of benzene rings is 1. The first kappa shape index (κ1) is 14.9. The predicted molar refractivity (Wildman–Crippen MR) is 79.6 cm³/mol. The zero-order valence-electron chi connectivity index (χ0n) is 11.8. The maximum Gasteiger partial charge on any atom is 0.251 e. The highest BCUT2D eigenvalue weighted by atomic mass is 16.3. The normalized spacial score (nSPS) is 9.81. The summed E-state index contributed by atoms with van der Waals surface area (Å²) in [4.78, 5) is 12.2. The van der Waals surface area contributed by atoms with Crippen LogP contribution in [0.25, 0.3) is 0 Å². The molecule has 0 saturated carbocycles. The van der Waals surface area contributed by atoms with Gasteiger partial charge >= 0.3 is 0 Å². The van der Waals surface area contributed by atoms with Gasteiger partial charge in [-0.05, 0) is 36.8 Å². The molecule has 21 heavy (non-hydrogen) atoms. The smallest absolute Gasteiger partial charge is 0.251 e. The molecule has 1 aromatic carbocycles. The van der Waals surface area contributed by atoms with Crippen LogP contribution in [0.3, 0.4) is 0 Å². The molecule has 0 aliphatic heterocycles. The number of nitrogens with one attached hydrogen (secondary N) is 1. The van der Waals surface area contributed by atoms with Crippen LogP contribution in [0.2, 0.25) is 0 Å². The summed E-state index contributed by atoms with van der Waals surface area (Å²) in [7, 11) is 0. The second kappa shape index (κ2) is 7.32. The quantitative estimate of drug-likeness (QED) is 0.846. The second-order valence-electron chi connectivity index (χ2n) is 4.52. The summed E-state index contributed by atoms with van der Waals surface area (Å²) >= 11 is 0. The van der Waals surface area contributed by atoms with Gasteiger partial charge in [-0.2, -0.15) is 0 Å². The predicted octanol–water partition coefficient (Wildman–Crippen LogP) is 2.25. The third-order valence-corrected chi connectivity index (χ3v) is 3.04. The monoisotopic (exact) mass is 283 g/mol. The number of hydrogen-bond donors (Lipinski definition) is 2. The van der Waals surface area contributed by atoms with Crippen LogP contribution in [0, 0.1) is 18.8 Å². The topological polar surface area (TPSA) is 62.5 Å². The van der Waals surface area contributed by atoms with Gasteiger partial charge in [-0.15, -0.1) is 0 Å². The number of rotatable bonds is 4. The Morgan fingerprint density at radius 2 is 2.19 bits per heavy atom. The van der Waals surface area contributed by atoms with Gasteiger partial charge in [0, 0.05) is 17.5 Å². The largest absolute Gasteiger partial charge is 0.467 e. The van der Waals surface area contributed by atoms with Crippen molar-refractivity contribution in [2.45, 2.75) is 19.9 Å². The van der Waals surface area contributed by atoms with E-state index in [1.807, 2.05) is 19.1 Å². The molecular formula is C17H17NO3. The first-order chi connectivity index (χ1) is 10.2. The van der Waals surface area contributed by atoms with Crippen LogP contribution in [0.1, 0.15) is 33.7 Å². The van der Waals surface area contributed by atoms with Gasteiger partial charge in [0.2, 0.25) is 0 Å². The number of furan rings is 1. The number of amides is 1. The molecule has 2 N–H and O–H groups in total. The van der Waals surface area contributed by atoms with Crippen LogP contribution in [-0.2, 0) is 6.54 Å². The summed E-state index contributed by atoms with van der Waals surface area (Å²) < 4.78 is 5.18. The minimum absolute atomic E-state index is 0.0371. The molecule has 0 fully saturated rings. The van der Waals surface area contributed by atoms with Crippen LogP contribution in [-0.4, -0.2) is 17.6 Å². The number of carbonyl (C=O) groups excluding carboxylic acids is 1. The molecule has 1 amide bonds. The van der Waals surface area contributed by atoms with Crippen molar-refractivity contribution < 1.29 is 14.3 Å². The zero-order valence-corrected chi connectivity index (χ0v) is 11.8. The van der Waals surface area contributed by atoms with E-state index in [-0.39, 0.29) is 12.5 Å². The van der Waals surface area contributed by atoms with Gasteiger partial charge in [-0.1, -0.05) is 17.9 Å². The van der Waals surface area contributed by atoms with E-state index in [1.165, 1.54) is 0 Å². The lowest BCUT2D eigenvalue weighted by molar-refractivity contribution is 0.0947. The van der Waals surface area contributed by atoms with E-state index in [0.717, 1.165) is 11.1 Å². The summed E-state index contributed by atoms with van der Waals surface area (Å²) in [5.74, 6) is 6.39. The molecular weight excluding hydrogens is 266 g/mol. The fraction of sp³-hybridized carbons (Fsp3) is 0.235. The van der Waals surface area contributed by atoms with Crippen molar-refractivity contribution in [3.63, 3.8) is 0 Å². The van der Waals surface area contributed by atoms with Gasteiger partial charge in [0.15, 0.2) is 0 Å². The molecule has 0 aliphatic carbocycles. The van der Waals surface area contributed by atoms with E-state index < -0.39 is 0 Å². The van der Waals surface area contributed by atoms with Crippen molar-refractivity contribution in [3.8, 4) is 11.8 Å². The Hall–Kier alpha value is -2.51. The fourth-order valence-electron chi connectivity index (χ4n) is 1.91. The molecule has 0 saturated heterocycles. The summed E-state index contributed by atoms with van der Waals surface area (Å²) in [5, 5.41) is 11.6. The Kier molecular flexibility index (Phi) is 5.19. The molecule has 4 heteroatoms. The minimum atomic E-state index is -0.158. The maximum atomic E-state index is 12.2. The van der Waals surface area contributed by atoms with E-state index in [0.29, 0.717) is 24.3 Å². The van der Waals surface area contributed by atoms with E-state index in [4.69, 9.17) is 9.52 Å². The number of hydrogen-bond acceptors (Lipinski definition) is 3. The Bertz CT molecular complexity index is 663. The van der Waals surface area contributed by atoms with E-state index in [1.54, 1.807) is 24.5 Å². The van der Waals surface area contributed by atoms with E-state index in [2.05, 4.69) is 17.2 Å². The van der Waals surface area contributed by atoms with Crippen LogP contribution >= 0.6 is 0 Å². The van der Waals surface area contributed by atoms with Gasteiger partial charge in [-0.3, -0.25) is 4.79 Å². The van der Waals surface area contributed by atoms with E-state index in [9.17, 15) is 4.79 Å². The number of aliphatic hydroxyl groups excluding tert-OH is 1. The van der Waals surface area contributed by atoms with E-state index >= 15 is 0 Å². The van der Waals surface area contributed by atoms with Crippen molar-refractivity contribution >= 4 is 5.91 Å². The lowest BCUT2D eigenvalue weighted by atomic mass is 10.0. The Balaban J connectivity index is 2.10. The first-order valence-corrected chi connectivity index (χ1v) is 6.72. The maximum absolute atomic E-state index is 12.2. The molecule has 4 nitrogen and oxygen atoms in total. The third kappa shape index (κ3) is 3.98. The van der Waals surface area contributed by atoms with Crippen molar-refractivity contribution in [2.24, 2.45) is 0 Å². The molecule has 0 spiro atoms. The Labute approximate surface area is 123 Å². The van der Waals surface area contributed by atoms with Crippen molar-refractivity contribution in [1.82, 2.24) is 5.32 Å². The lowest BCUT2D eigenvalue weighted by Gasteiger charge is -2.08. The van der Waals surface area contributed by atoms with Gasteiger partial charge in [-0.25, -0.2) is 0 Å². The summed E-state index contributed by atoms with van der Waals surface area (Å²) in [6.45, 7) is 2.26. The fourth-order valence-corrected chi connectivity index (χ4v) is 1.91. The number of carbonyl (C=O) groups is 1. The van der Waals surface area contributed by atoms with Gasteiger partial charge in [0.05, 0.1) is 19.4 Å². The van der Waals surface area contributed by atoms with Crippen LogP contribution in [0.15, 0.2) is 41.0 Å². The molecule has 0 radical (unpaired) electrons. The third-order valence-electron chi connectivity index (χ3n) is 3.04. The highest BCUT2D eigenvalue weighted by molar-refractivity contribution is 5.96. The highest BCUT2D eigenvalue weighted by Gasteiger charge is 2.11. The first-order valence-electron chi connectivity index (χ1n) is 6.72. The number of aliphatic hydroxyl groups is 1. The second-order valence-corrected chi connectivity index (χ2v) is 4.52. The molecule has 0 bridgehead atoms. The molecule has 0 aliphatic rings. The van der Waals surface area contributed by atoms with Crippen molar-refractivity contribution in [2.75, 3.05) is 6.61 Å². The average Bonchev–Trinajstić information content (AvgIpc) is 3.00. The minimum Gasteiger partial charge on any atom is -0.467 e. The summed E-state index contributed by atoms with van der Waals surface area (Å²) in [6.07, 6.45) is 2.00. The SMILES string of the molecule is Cc1c(C#CCCO)cccc1C(=O)NCc1ccco1. The lowest BCUT2D eigenvalue weighted by Crippen LogP contribution is -2.23. The molecule has 108 valence electrons. The van der Waals surface area contributed by atoms with Crippen LogP contribution < -0.4 is 5.32 Å². The van der Waals surface area contributed by atoms with Crippen molar-refractivity contribution in [3.05, 3.63) is 59.0 Å². The van der Waals surface area contributed by atoms with Crippen LogP contribution in [0.5, 0.6) is 0 Å². The molecule has 0 atom stereocenters. The van der Waals surface area contributed by atoms with Gasteiger partial charge in [0.25, 0.3) is 5.91 Å².